The van der Waals surface area contributed by atoms with Gasteiger partial charge in [-0.15, -0.1) is 0 Å². The lowest BCUT2D eigenvalue weighted by atomic mass is 10.1. The third-order valence-corrected chi connectivity index (χ3v) is 2.66. The maximum atomic E-state index is 10.1. The second-order valence-electron chi connectivity index (χ2n) is 4.43. The van der Waals surface area contributed by atoms with Gasteiger partial charge in [-0.3, -0.25) is 0 Å². The van der Waals surface area contributed by atoms with Crippen LogP contribution >= 0.6 is 0 Å². The number of aliphatic hydroxyl groups excluding tert-OH is 7. The highest BCUT2D eigenvalue weighted by molar-refractivity contribution is 5.57. The van der Waals surface area contributed by atoms with Crippen molar-refractivity contribution in [1.82, 2.24) is 0 Å². The Kier molecular flexibility index (Phi) is 13.3. The molecule has 0 aliphatic rings. The van der Waals surface area contributed by atoms with Gasteiger partial charge in [0.05, 0.1) is 12.7 Å². The molecule has 0 aliphatic heterocycles. The van der Waals surface area contributed by atoms with E-state index in [1.165, 1.54) is 14.0 Å². The summed E-state index contributed by atoms with van der Waals surface area (Å²) in [6, 6.07) is 0. The van der Waals surface area contributed by atoms with E-state index >= 15 is 0 Å². The molecule has 0 aromatic carbocycles. The van der Waals surface area contributed by atoms with E-state index in [2.05, 4.69) is 4.74 Å². The van der Waals surface area contributed by atoms with Crippen LogP contribution in [0.15, 0.2) is 0 Å². The van der Waals surface area contributed by atoms with Gasteiger partial charge in [-0.05, 0) is 6.92 Å². The second-order valence-corrected chi connectivity index (χ2v) is 4.43. The predicted octanol–water partition coefficient (Wildman–Crippen LogP) is -4.44. The van der Waals surface area contributed by atoms with E-state index in [-0.39, 0.29) is 6.29 Å². The van der Waals surface area contributed by atoms with Crippen LogP contribution in [0.4, 0.5) is 0 Å². The van der Waals surface area contributed by atoms with Crippen molar-refractivity contribution in [1.29, 1.82) is 0 Å². The molecule has 22 heavy (non-hydrogen) atoms. The average molecular weight is 328 g/mol. The Morgan fingerprint density at radius 2 is 1.41 bits per heavy atom. The molecule has 0 bridgehead atoms. The highest BCUT2D eigenvalue weighted by Crippen LogP contribution is 2.02. The SMILES string of the molecule is COC(C=O)C(O)C(O)CO.C[C@H](O)[C@H](O)[C@@H](O)[C@@H](O)C=O. The van der Waals surface area contributed by atoms with Crippen LogP contribution in [0, 0.1) is 0 Å². The summed E-state index contributed by atoms with van der Waals surface area (Å²) >= 11 is 0. The molecule has 0 aromatic heterocycles. The third-order valence-electron chi connectivity index (χ3n) is 2.66. The van der Waals surface area contributed by atoms with Crippen molar-refractivity contribution in [2.45, 2.75) is 49.7 Å². The normalized spacial score (nSPS) is 20.4. The predicted molar refractivity (Wildman–Crippen MR) is 71.7 cm³/mol. The Morgan fingerprint density at radius 3 is 1.68 bits per heavy atom. The summed E-state index contributed by atoms with van der Waals surface area (Å²) in [4.78, 5) is 20.0. The van der Waals surface area contributed by atoms with E-state index in [1.807, 2.05) is 0 Å². The molecule has 0 aromatic rings. The lowest BCUT2D eigenvalue weighted by molar-refractivity contribution is -0.132. The first-order valence-corrected chi connectivity index (χ1v) is 6.30. The topological polar surface area (TPSA) is 185 Å². The van der Waals surface area contributed by atoms with Crippen molar-refractivity contribution in [3.05, 3.63) is 0 Å². The number of hydrogen-bond acceptors (Lipinski definition) is 10. The molecule has 10 nitrogen and oxygen atoms in total. The highest BCUT2D eigenvalue weighted by Gasteiger charge is 2.27. The second kappa shape index (κ2) is 12.6. The number of methoxy groups -OCH3 is 1. The summed E-state index contributed by atoms with van der Waals surface area (Å²) in [7, 11) is 1.23. The van der Waals surface area contributed by atoms with Gasteiger partial charge in [-0.25, -0.2) is 0 Å². The molecule has 0 amide bonds. The van der Waals surface area contributed by atoms with Gasteiger partial charge in [0, 0.05) is 7.11 Å². The maximum Gasteiger partial charge on any atom is 0.151 e. The fourth-order valence-corrected chi connectivity index (χ4v) is 1.17. The number of aliphatic hydroxyl groups is 7. The molecule has 0 aliphatic carbocycles. The summed E-state index contributed by atoms with van der Waals surface area (Å²) < 4.78 is 4.50. The minimum absolute atomic E-state index is 0.0935. The molecule has 0 saturated heterocycles. The lowest BCUT2D eigenvalue weighted by Gasteiger charge is -2.21. The molecule has 7 N–H and O–H groups in total. The Morgan fingerprint density at radius 1 is 0.909 bits per heavy atom. The zero-order chi connectivity index (χ0) is 17.9. The summed E-state index contributed by atoms with van der Waals surface area (Å²) in [5.74, 6) is 0. The molecular formula is C12H24O10. The highest BCUT2D eigenvalue weighted by atomic mass is 16.5. The summed E-state index contributed by atoms with van der Waals surface area (Å²) in [5.41, 5.74) is 0. The number of ether oxygens (including phenoxy) is 1. The first-order valence-electron chi connectivity index (χ1n) is 6.30. The minimum Gasteiger partial charge on any atom is -0.394 e. The van der Waals surface area contributed by atoms with Crippen LogP contribution in [-0.4, -0.2) is 105 Å². The van der Waals surface area contributed by atoms with Gasteiger partial charge in [0.2, 0.25) is 0 Å². The molecule has 0 saturated carbocycles. The number of hydrogen-bond donors (Lipinski definition) is 7. The van der Waals surface area contributed by atoms with Crippen molar-refractivity contribution >= 4 is 12.6 Å². The van der Waals surface area contributed by atoms with E-state index in [0.717, 1.165) is 0 Å². The first-order chi connectivity index (χ1) is 10.2. The molecule has 7 atom stereocenters. The lowest BCUT2D eigenvalue weighted by Crippen LogP contribution is -2.43. The fraction of sp³-hybridized carbons (Fsp3) is 0.833. The van der Waals surface area contributed by atoms with Crippen LogP contribution in [0.1, 0.15) is 6.92 Å². The van der Waals surface area contributed by atoms with Crippen LogP contribution in [0.25, 0.3) is 0 Å². The van der Waals surface area contributed by atoms with Gasteiger partial charge in [0.1, 0.15) is 36.6 Å². The van der Waals surface area contributed by atoms with Crippen molar-refractivity contribution < 1.29 is 50.1 Å². The van der Waals surface area contributed by atoms with Crippen molar-refractivity contribution in [3.8, 4) is 0 Å². The standard InChI is InChI=1S/2C6H12O5/c1-11-5(3-8)6(10)4(9)2-7;1-3(8)5(10)6(11)4(9)2-7/h3-7,9-10H,2H2,1H3;2-6,8-11H,1H3/t;3-,4-,5-,6-/m.0/s1. The smallest absolute Gasteiger partial charge is 0.151 e. The van der Waals surface area contributed by atoms with Crippen molar-refractivity contribution in [2.75, 3.05) is 13.7 Å². The quantitative estimate of drug-likeness (QED) is 0.204. The minimum atomic E-state index is -1.65. The van der Waals surface area contributed by atoms with E-state index < -0.39 is 49.3 Å². The number of rotatable bonds is 9. The molecule has 0 fully saturated rings. The van der Waals surface area contributed by atoms with Gasteiger partial charge in [0.15, 0.2) is 12.6 Å². The summed E-state index contributed by atoms with van der Waals surface area (Å²) in [6.07, 6.45) is -9.31. The van der Waals surface area contributed by atoms with Gasteiger partial charge >= 0.3 is 0 Å². The molecule has 0 heterocycles. The molecular weight excluding hydrogens is 304 g/mol. The molecule has 0 radical (unpaired) electrons. The number of carbonyl (C=O) groups excluding carboxylic acids is 2. The Bertz CT molecular complexity index is 298. The monoisotopic (exact) mass is 328 g/mol. The fourth-order valence-electron chi connectivity index (χ4n) is 1.17. The summed E-state index contributed by atoms with van der Waals surface area (Å²) in [6.45, 7) is 0.639. The number of carbonyl (C=O) groups is 2. The molecule has 0 rings (SSSR count). The zero-order valence-electron chi connectivity index (χ0n) is 12.3. The van der Waals surface area contributed by atoms with Crippen LogP contribution in [0.5, 0.6) is 0 Å². The van der Waals surface area contributed by atoms with Gasteiger partial charge < -0.3 is 50.1 Å². The van der Waals surface area contributed by atoms with E-state index in [0.29, 0.717) is 6.29 Å². The molecule has 0 spiro atoms. The molecule has 3 unspecified atom stereocenters. The van der Waals surface area contributed by atoms with Gasteiger partial charge in [0.25, 0.3) is 0 Å². The Hall–Kier alpha value is -0.980. The van der Waals surface area contributed by atoms with Gasteiger partial charge in [-0.1, -0.05) is 0 Å². The zero-order valence-corrected chi connectivity index (χ0v) is 12.3. The van der Waals surface area contributed by atoms with Crippen LogP contribution in [-0.2, 0) is 14.3 Å². The van der Waals surface area contributed by atoms with Crippen molar-refractivity contribution in [3.63, 3.8) is 0 Å². The summed E-state index contributed by atoms with van der Waals surface area (Å²) in [5, 5.41) is 61.3. The Labute approximate surface area is 127 Å². The molecule has 132 valence electrons. The number of aldehydes is 2. The van der Waals surface area contributed by atoms with Crippen molar-refractivity contribution in [2.24, 2.45) is 0 Å². The Balaban J connectivity index is 0. The molecule has 10 heteroatoms. The third kappa shape index (κ3) is 8.46. The van der Waals surface area contributed by atoms with Crippen LogP contribution in [0.2, 0.25) is 0 Å². The average Bonchev–Trinajstić information content (AvgIpc) is 2.53. The van der Waals surface area contributed by atoms with Gasteiger partial charge in [-0.2, -0.15) is 0 Å². The van der Waals surface area contributed by atoms with E-state index in [9.17, 15) is 9.59 Å². The largest absolute Gasteiger partial charge is 0.394 e. The van der Waals surface area contributed by atoms with E-state index in [1.54, 1.807) is 0 Å². The first kappa shape index (κ1) is 23.3. The van der Waals surface area contributed by atoms with Crippen LogP contribution < -0.4 is 0 Å². The van der Waals surface area contributed by atoms with E-state index in [4.69, 9.17) is 35.7 Å². The van der Waals surface area contributed by atoms with Crippen LogP contribution in [0.3, 0.4) is 0 Å². The maximum absolute atomic E-state index is 10.1.